The number of pyridine rings is 1. The lowest BCUT2D eigenvalue weighted by atomic mass is 10.0. The molecule has 0 saturated heterocycles. The van der Waals surface area contributed by atoms with Gasteiger partial charge >= 0.3 is 11.9 Å². The molecule has 0 aliphatic carbocycles. The molecule has 0 atom stereocenters. The molecule has 0 aliphatic rings. The molecule has 0 bridgehead atoms. The summed E-state index contributed by atoms with van der Waals surface area (Å²) >= 11 is 0. The first-order chi connectivity index (χ1) is 11.0. The molecule has 23 heavy (non-hydrogen) atoms. The number of hydrogen-bond donors (Lipinski definition) is 0. The molecule has 2 rings (SSSR count). The summed E-state index contributed by atoms with van der Waals surface area (Å²) in [5.41, 5.74) is 0.933. The van der Waals surface area contributed by atoms with Crippen LogP contribution in [0.1, 0.15) is 34.8 Å². The van der Waals surface area contributed by atoms with Gasteiger partial charge in [-0.1, -0.05) is 12.1 Å². The third-order valence-corrected chi connectivity index (χ3v) is 2.95. The number of hydrogen-bond acceptors (Lipinski definition) is 5. The Hall–Kier alpha value is -2.76. The normalized spacial score (nSPS) is 10.2. The maximum atomic E-state index is 13.4. The first-order valence-corrected chi connectivity index (χ1v) is 7.17. The minimum absolute atomic E-state index is 0.0309. The Morgan fingerprint density at radius 3 is 2.00 bits per heavy atom. The van der Waals surface area contributed by atoms with Crippen molar-refractivity contribution in [1.82, 2.24) is 4.98 Å². The summed E-state index contributed by atoms with van der Waals surface area (Å²) in [7, 11) is 0. The van der Waals surface area contributed by atoms with Crippen LogP contribution in [-0.2, 0) is 9.47 Å². The van der Waals surface area contributed by atoms with E-state index in [-0.39, 0.29) is 24.6 Å². The minimum atomic E-state index is -0.656. The monoisotopic (exact) mass is 317 g/mol. The zero-order chi connectivity index (χ0) is 16.8. The van der Waals surface area contributed by atoms with E-state index >= 15 is 0 Å². The second kappa shape index (κ2) is 7.49. The van der Waals surface area contributed by atoms with E-state index in [2.05, 4.69) is 4.98 Å². The fourth-order valence-corrected chi connectivity index (χ4v) is 1.98. The number of nitrogens with zero attached hydrogens (tertiary/aromatic N) is 1. The molecule has 0 amide bonds. The van der Waals surface area contributed by atoms with Gasteiger partial charge in [-0.3, -0.25) is 0 Å². The second-order valence-electron chi connectivity index (χ2n) is 4.58. The van der Waals surface area contributed by atoms with Gasteiger partial charge in [0.05, 0.1) is 13.2 Å². The molecule has 2 aromatic rings. The van der Waals surface area contributed by atoms with Crippen LogP contribution in [0.3, 0.4) is 0 Å². The molecule has 1 heterocycles. The van der Waals surface area contributed by atoms with E-state index in [0.29, 0.717) is 11.1 Å². The zero-order valence-electron chi connectivity index (χ0n) is 12.8. The molecule has 5 nitrogen and oxygen atoms in total. The minimum Gasteiger partial charge on any atom is -0.461 e. The molecule has 0 fully saturated rings. The molecule has 0 N–H and O–H groups in total. The zero-order valence-corrected chi connectivity index (χ0v) is 12.8. The van der Waals surface area contributed by atoms with Crippen LogP contribution in [0.5, 0.6) is 0 Å². The van der Waals surface area contributed by atoms with Gasteiger partial charge in [-0.25, -0.2) is 19.0 Å². The summed E-state index contributed by atoms with van der Waals surface area (Å²) in [5.74, 6) is -1.73. The average molecular weight is 317 g/mol. The van der Waals surface area contributed by atoms with Gasteiger partial charge < -0.3 is 9.47 Å². The van der Waals surface area contributed by atoms with Crippen molar-refractivity contribution < 1.29 is 23.5 Å². The van der Waals surface area contributed by atoms with Crippen molar-refractivity contribution >= 4 is 11.9 Å². The summed E-state index contributed by atoms with van der Waals surface area (Å²) in [6.45, 7) is 3.69. The molecule has 0 aliphatic heterocycles. The number of rotatable bonds is 5. The van der Waals surface area contributed by atoms with Gasteiger partial charge in [0.2, 0.25) is 0 Å². The van der Waals surface area contributed by atoms with Crippen molar-refractivity contribution in [1.29, 1.82) is 0 Å². The van der Waals surface area contributed by atoms with E-state index in [1.54, 1.807) is 26.0 Å². The van der Waals surface area contributed by atoms with Crippen LogP contribution >= 0.6 is 0 Å². The largest absolute Gasteiger partial charge is 0.461 e. The molecule has 6 heteroatoms. The first kappa shape index (κ1) is 16.6. The number of benzene rings is 1. The van der Waals surface area contributed by atoms with E-state index in [9.17, 15) is 14.0 Å². The van der Waals surface area contributed by atoms with E-state index in [4.69, 9.17) is 9.47 Å². The highest BCUT2D eigenvalue weighted by Crippen LogP contribution is 2.22. The van der Waals surface area contributed by atoms with Gasteiger partial charge in [0.25, 0.3) is 0 Å². The lowest BCUT2D eigenvalue weighted by Crippen LogP contribution is -2.13. The van der Waals surface area contributed by atoms with E-state index in [1.807, 2.05) is 0 Å². The number of esters is 2. The van der Waals surface area contributed by atoms with E-state index in [0.717, 1.165) is 0 Å². The standard InChI is InChI=1S/C17H16FNO4/c1-3-22-16(20)14-9-12(11-6-5-7-13(18)8-11)10-15(19-14)17(21)23-4-2/h5-10H,3-4H2,1-2H3. The lowest BCUT2D eigenvalue weighted by molar-refractivity contribution is 0.0511. The highest BCUT2D eigenvalue weighted by atomic mass is 19.1. The summed E-state index contributed by atoms with van der Waals surface area (Å²) < 4.78 is 23.2. The van der Waals surface area contributed by atoms with E-state index in [1.165, 1.54) is 24.3 Å². The molecular weight excluding hydrogens is 301 g/mol. The van der Waals surface area contributed by atoms with Gasteiger partial charge in [-0.15, -0.1) is 0 Å². The van der Waals surface area contributed by atoms with Gasteiger partial charge in [0.1, 0.15) is 17.2 Å². The van der Waals surface area contributed by atoms with Crippen LogP contribution in [0.2, 0.25) is 0 Å². The SMILES string of the molecule is CCOC(=O)c1cc(-c2cccc(F)c2)cc(C(=O)OCC)n1. The molecule has 1 aromatic carbocycles. The van der Waals surface area contributed by atoms with Crippen molar-refractivity contribution in [2.75, 3.05) is 13.2 Å². The van der Waals surface area contributed by atoms with E-state index < -0.39 is 17.8 Å². The van der Waals surface area contributed by atoms with Gasteiger partial charge in [-0.2, -0.15) is 0 Å². The van der Waals surface area contributed by atoms with Crippen LogP contribution < -0.4 is 0 Å². The van der Waals surface area contributed by atoms with Crippen molar-refractivity contribution in [2.45, 2.75) is 13.8 Å². The second-order valence-corrected chi connectivity index (χ2v) is 4.58. The molecule has 0 spiro atoms. The predicted molar refractivity (Wildman–Crippen MR) is 81.5 cm³/mol. The maximum Gasteiger partial charge on any atom is 0.356 e. The topological polar surface area (TPSA) is 65.5 Å². The van der Waals surface area contributed by atoms with Crippen molar-refractivity contribution in [3.05, 3.63) is 53.6 Å². The summed E-state index contributed by atoms with van der Waals surface area (Å²) in [6.07, 6.45) is 0. The smallest absolute Gasteiger partial charge is 0.356 e. The maximum absolute atomic E-state index is 13.4. The number of carbonyl (C=O) groups is 2. The third-order valence-electron chi connectivity index (χ3n) is 2.95. The average Bonchev–Trinajstić information content (AvgIpc) is 2.55. The summed E-state index contributed by atoms with van der Waals surface area (Å²) in [4.78, 5) is 27.8. The summed E-state index contributed by atoms with van der Waals surface area (Å²) in [6, 6.07) is 8.73. The quantitative estimate of drug-likeness (QED) is 0.792. The van der Waals surface area contributed by atoms with Gasteiger partial charge in [-0.05, 0) is 49.2 Å². The van der Waals surface area contributed by atoms with Crippen LogP contribution in [0, 0.1) is 5.82 Å². The lowest BCUT2D eigenvalue weighted by Gasteiger charge is -2.08. The Morgan fingerprint density at radius 2 is 1.52 bits per heavy atom. The Bertz CT molecular complexity index is 694. The highest BCUT2D eigenvalue weighted by Gasteiger charge is 2.17. The first-order valence-electron chi connectivity index (χ1n) is 7.17. The van der Waals surface area contributed by atoms with Crippen molar-refractivity contribution in [3.8, 4) is 11.1 Å². The fraction of sp³-hybridized carbons (Fsp3) is 0.235. The Labute approximate surface area is 133 Å². The van der Waals surface area contributed by atoms with Gasteiger partial charge in [0.15, 0.2) is 0 Å². The third kappa shape index (κ3) is 4.12. The molecule has 1 aromatic heterocycles. The number of carbonyl (C=O) groups excluding carboxylic acids is 2. The molecule has 0 saturated carbocycles. The molecule has 120 valence electrons. The predicted octanol–water partition coefficient (Wildman–Crippen LogP) is 3.24. The highest BCUT2D eigenvalue weighted by molar-refractivity contribution is 5.94. The van der Waals surface area contributed by atoms with Crippen molar-refractivity contribution in [2.24, 2.45) is 0 Å². The number of ether oxygens (including phenoxy) is 2. The Morgan fingerprint density at radius 1 is 0.957 bits per heavy atom. The van der Waals surface area contributed by atoms with Crippen LogP contribution in [0.25, 0.3) is 11.1 Å². The Balaban J connectivity index is 2.52. The fourth-order valence-electron chi connectivity index (χ4n) is 1.98. The Kier molecular flexibility index (Phi) is 5.41. The summed E-state index contributed by atoms with van der Waals surface area (Å²) in [5, 5.41) is 0. The number of halogens is 1. The van der Waals surface area contributed by atoms with Crippen LogP contribution in [0.4, 0.5) is 4.39 Å². The van der Waals surface area contributed by atoms with Crippen LogP contribution in [-0.4, -0.2) is 30.1 Å². The molecule has 0 radical (unpaired) electrons. The van der Waals surface area contributed by atoms with Crippen molar-refractivity contribution in [3.63, 3.8) is 0 Å². The molecular formula is C17H16FNO4. The number of aromatic nitrogens is 1. The molecule has 0 unspecified atom stereocenters. The van der Waals surface area contributed by atoms with Gasteiger partial charge in [0, 0.05) is 0 Å². The van der Waals surface area contributed by atoms with Crippen LogP contribution in [0.15, 0.2) is 36.4 Å².